The van der Waals surface area contributed by atoms with Gasteiger partial charge in [0.05, 0.1) is 25.4 Å². The van der Waals surface area contributed by atoms with Gasteiger partial charge in [-0.15, -0.1) is 0 Å². The van der Waals surface area contributed by atoms with Crippen LogP contribution in [0.4, 0.5) is 5.69 Å². The molecule has 0 bridgehead atoms. The van der Waals surface area contributed by atoms with Gasteiger partial charge in [-0.25, -0.2) is 0 Å². The van der Waals surface area contributed by atoms with Gasteiger partial charge in [0.1, 0.15) is 11.5 Å². The van der Waals surface area contributed by atoms with Gasteiger partial charge in [-0.3, -0.25) is 9.69 Å². The average molecular weight is 435 g/mol. The second kappa shape index (κ2) is 9.73. The molecule has 1 heterocycles. The number of nitrogens with zero attached hydrogens (tertiary/aromatic N) is 1. The number of carbonyl (C=O) groups is 1. The van der Waals surface area contributed by atoms with Gasteiger partial charge < -0.3 is 19.9 Å². The lowest BCUT2D eigenvalue weighted by Gasteiger charge is -2.26. The van der Waals surface area contributed by atoms with Gasteiger partial charge in [0, 0.05) is 35.9 Å². The van der Waals surface area contributed by atoms with Crippen LogP contribution in [0.3, 0.4) is 0 Å². The summed E-state index contributed by atoms with van der Waals surface area (Å²) in [4.78, 5) is 14.7. The van der Waals surface area contributed by atoms with Crippen molar-refractivity contribution in [1.82, 2.24) is 4.90 Å². The van der Waals surface area contributed by atoms with Crippen molar-refractivity contribution >= 4 is 27.5 Å². The molecule has 144 valence electrons. The van der Waals surface area contributed by atoms with Gasteiger partial charge >= 0.3 is 0 Å². The molecule has 27 heavy (non-hydrogen) atoms. The van der Waals surface area contributed by atoms with Crippen LogP contribution in [0.5, 0.6) is 11.5 Å². The van der Waals surface area contributed by atoms with Crippen LogP contribution < -0.4 is 10.1 Å². The van der Waals surface area contributed by atoms with Crippen LogP contribution >= 0.6 is 15.9 Å². The van der Waals surface area contributed by atoms with Crippen LogP contribution in [-0.2, 0) is 4.74 Å². The molecule has 0 aromatic heterocycles. The minimum atomic E-state index is -0.371. The van der Waals surface area contributed by atoms with Crippen molar-refractivity contribution in [2.45, 2.75) is 6.42 Å². The van der Waals surface area contributed by atoms with Gasteiger partial charge in [-0.2, -0.15) is 0 Å². The average Bonchev–Trinajstić information content (AvgIpc) is 2.66. The molecule has 2 aromatic carbocycles. The number of ether oxygens (including phenoxy) is 2. The normalized spacial score (nSPS) is 14.7. The molecule has 1 amide bonds. The van der Waals surface area contributed by atoms with E-state index in [2.05, 4.69) is 26.1 Å². The van der Waals surface area contributed by atoms with E-state index in [-0.39, 0.29) is 17.2 Å². The quantitative estimate of drug-likeness (QED) is 0.652. The van der Waals surface area contributed by atoms with Crippen molar-refractivity contribution in [3.8, 4) is 11.5 Å². The third-order valence-electron chi connectivity index (χ3n) is 4.29. The summed E-state index contributed by atoms with van der Waals surface area (Å²) in [5, 5.41) is 12.9. The van der Waals surface area contributed by atoms with Crippen LogP contribution in [0.15, 0.2) is 46.9 Å². The third-order valence-corrected chi connectivity index (χ3v) is 4.78. The first kappa shape index (κ1) is 19.7. The summed E-state index contributed by atoms with van der Waals surface area (Å²) < 4.78 is 11.9. The van der Waals surface area contributed by atoms with E-state index in [1.165, 1.54) is 6.07 Å². The molecule has 2 N–H and O–H groups in total. The van der Waals surface area contributed by atoms with E-state index in [4.69, 9.17) is 9.47 Å². The number of amides is 1. The number of aromatic hydroxyl groups is 1. The van der Waals surface area contributed by atoms with E-state index in [1.807, 2.05) is 12.1 Å². The predicted octanol–water partition coefficient (Wildman–Crippen LogP) is 3.51. The number of rotatable bonds is 7. The maximum Gasteiger partial charge on any atom is 0.259 e. The molecule has 2 aromatic rings. The summed E-state index contributed by atoms with van der Waals surface area (Å²) in [6.45, 7) is 5.02. The Labute approximate surface area is 167 Å². The number of carbonyl (C=O) groups excluding carboxylic acids is 1. The summed E-state index contributed by atoms with van der Waals surface area (Å²) in [5.41, 5.74) is 0.854. The molecule has 1 aliphatic heterocycles. The number of halogens is 1. The summed E-state index contributed by atoms with van der Waals surface area (Å²) in [6, 6.07) is 12.0. The predicted molar refractivity (Wildman–Crippen MR) is 108 cm³/mol. The number of anilines is 1. The van der Waals surface area contributed by atoms with E-state index < -0.39 is 0 Å². The molecule has 0 unspecified atom stereocenters. The van der Waals surface area contributed by atoms with Crippen molar-refractivity contribution in [2.24, 2.45) is 0 Å². The maximum absolute atomic E-state index is 12.3. The van der Waals surface area contributed by atoms with Gasteiger partial charge in [-0.1, -0.05) is 22.0 Å². The Morgan fingerprint density at radius 2 is 2.04 bits per heavy atom. The highest BCUT2D eigenvalue weighted by Crippen LogP contribution is 2.25. The molecular formula is C20H23BrN2O4. The Morgan fingerprint density at radius 1 is 1.22 bits per heavy atom. The van der Waals surface area contributed by atoms with Gasteiger partial charge in [0.25, 0.3) is 5.91 Å². The van der Waals surface area contributed by atoms with E-state index in [0.29, 0.717) is 18.0 Å². The van der Waals surface area contributed by atoms with Gasteiger partial charge in [0.15, 0.2) is 0 Å². The number of morpholine rings is 1. The summed E-state index contributed by atoms with van der Waals surface area (Å²) in [5.74, 6) is 0.0751. The van der Waals surface area contributed by atoms with Crippen LogP contribution in [0.25, 0.3) is 0 Å². The number of nitrogens with one attached hydrogen (secondary N) is 1. The SMILES string of the molecule is O=C(Nc1cccc(Br)c1)c1ccc(OCCCN2CCOCC2)cc1O. The van der Waals surface area contributed by atoms with Crippen LogP contribution in [0, 0.1) is 0 Å². The van der Waals surface area contributed by atoms with Gasteiger partial charge in [-0.05, 0) is 36.8 Å². The number of hydrogen-bond acceptors (Lipinski definition) is 5. The van der Waals surface area contributed by atoms with E-state index in [9.17, 15) is 9.90 Å². The summed E-state index contributed by atoms with van der Waals surface area (Å²) in [7, 11) is 0. The topological polar surface area (TPSA) is 71.0 Å². The first-order valence-electron chi connectivity index (χ1n) is 8.94. The molecule has 1 saturated heterocycles. The number of phenolic OH excluding ortho intramolecular Hbond substituents is 1. The van der Waals surface area contributed by atoms with Crippen LogP contribution in [-0.4, -0.2) is 55.4 Å². The third kappa shape index (κ3) is 5.95. The maximum atomic E-state index is 12.3. The lowest BCUT2D eigenvalue weighted by molar-refractivity contribution is 0.0358. The van der Waals surface area contributed by atoms with E-state index in [1.54, 1.807) is 24.3 Å². The molecule has 0 radical (unpaired) electrons. The monoisotopic (exact) mass is 434 g/mol. The fourth-order valence-corrected chi connectivity index (χ4v) is 3.26. The number of hydrogen-bond donors (Lipinski definition) is 2. The second-order valence-corrected chi connectivity index (χ2v) is 7.22. The Balaban J connectivity index is 1.49. The molecule has 1 fully saturated rings. The van der Waals surface area contributed by atoms with Crippen molar-refractivity contribution in [3.05, 3.63) is 52.5 Å². The highest BCUT2D eigenvalue weighted by Gasteiger charge is 2.13. The van der Waals surface area contributed by atoms with E-state index in [0.717, 1.165) is 43.7 Å². The molecule has 3 rings (SSSR count). The minimum Gasteiger partial charge on any atom is -0.507 e. The first-order valence-corrected chi connectivity index (χ1v) is 9.74. The van der Waals surface area contributed by atoms with Crippen LogP contribution in [0.1, 0.15) is 16.8 Å². The van der Waals surface area contributed by atoms with Crippen molar-refractivity contribution in [2.75, 3.05) is 44.8 Å². The highest BCUT2D eigenvalue weighted by molar-refractivity contribution is 9.10. The fraction of sp³-hybridized carbons (Fsp3) is 0.350. The zero-order valence-corrected chi connectivity index (χ0v) is 16.6. The minimum absolute atomic E-state index is 0.104. The smallest absolute Gasteiger partial charge is 0.259 e. The highest BCUT2D eigenvalue weighted by atomic mass is 79.9. The molecule has 7 heteroatoms. The first-order chi connectivity index (χ1) is 13.1. The Morgan fingerprint density at radius 3 is 2.78 bits per heavy atom. The molecule has 0 aliphatic carbocycles. The second-order valence-electron chi connectivity index (χ2n) is 6.30. The zero-order valence-electron chi connectivity index (χ0n) is 15.0. The van der Waals surface area contributed by atoms with Gasteiger partial charge in [0.2, 0.25) is 0 Å². The number of phenols is 1. The fourth-order valence-electron chi connectivity index (χ4n) is 2.86. The zero-order chi connectivity index (χ0) is 19.1. The molecule has 1 aliphatic rings. The molecule has 0 spiro atoms. The number of benzene rings is 2. The Hall–Kier alpha value is -2.09. The molecular weight excluding hydrogens is 412 g/mol. The summed E-state index contributed by atoms with van der Waals surface area (Å²) in [6.07, 6.45) is 0.895. The largest absolute Gasteiger partial charge is 0.507 e. The van der Waals surface area contributed by atoms with Crippen molar-refractivity contribution in [3.63, 3.8) is 0 Å². The standard InChI is InChI=1S/C20H23BrN2O4/c21-15-3-1-4-16(13-15)22-20(25)18-6-5-17(14-19(18)24)27-10-2-7-23-8-11-26-12-9-23/h1,3-6,13-14,24H,2,7-12H2,(H,22,25). The molecule has 6 nitrogen and oxygen atoms in total. The van der Waals surface area contributed by atoms with Crippen molar-refractivity contribution < 1.29 is 19.4 Å². The lowest BCUT2D eigenvalue weighted by atomic mass is 10.1. The summed E-state index contributed by atoms with van der Waals surface area (Å²) >= 11 is 3.36. The van der Waals surface area contributed by atoms with Crippen molar-refractivity contribution in [1.29, 1.82) is 0 Å². The van der Waals surface area contributed by atoms with E-state index >= 15 is 0 Å². The molecule has 0 saturated carbocycles. The molecule has 0 atom stereocenters. The lowest BCUT2D eigenvalue weighted by Crippen LogP contribution is -2.37. The van der Waals surface area contributed by atoms with Crippen LogP contribution in [0.2, 0.25) is 0 Å². The Bertz CT molecular complexity index is 778. The Kier molecular flexibility index (Phi) is 7.09.